The molecule has 120 valence electrons. The lowest BCUT2D eigenvalue weighted by Gasteiger charge is -2.12. The van der Waals surface area contributed by atoms with Crippen LogP contribution in [0.1, 0.15) is 17.5 Å². The number of carboxylic acid groups (broad SMARTS) is 1. The van der Waals surface area contributed by atoms with E-state index in [1.807, 2.05) is 66.7 Å². The lowest BCUT2D eigenvalue weighted by molar-refractivity contribution is -0.141. The van der Waals surface area contributed by atoms with Crippen molar-refractivity contribution in [2.45, 2.75) is 12.8 Å². The number of benzene rings is 3. The molecule has 0 aromatic heterocycles. The second-order valence-electron chi connectivity index (χ2n) is 5.93. The van der Waals surface area contributed by atoms with Crippen molar-refractivity contribution < 1.29 is 9.90 Å². The molecule has 2 heteroatoms. The van der Waals surface area contributed by atoms with Gasteiger partial charge in [0.25, 0.3) is 0 Å². The van der Waals surface area contributed by atoms with Crippen LogP contribution in [0.3, 0.4) is 0 Å². The minimum Gasteiger partial charge on any atom is -0.481 e. The summed E-state index contributed by atoms with van der Waals surface area (Å²) in [5.74, 6) is -1.17. The Morgan fingerprint density at radius 2 is 1.62 bits per heavy atom. The van der Waals surface area contributed by atoms with E-state index in [9.17, 15) is 9.90 Å². The van der Waals surface area contributed by atoms with Gasteiger partial charge in [-0.3, -0.25) is 4.79 Å². The number of aliphatic carboxylic acids is 1. The Kier molecular flexibility index (Phi) is 5.07. The molecule has 24 heavy (non-hydrogen) atoms. The van der Waals surface area contributed by atoms with Gasteiger partial charge in [-0.2, -0.15) is 0 Å². The minimum absolute atomic E-state index is 0.421. The van der Waals surface area contributed by atoms with Crippen molar-refractivity contribution in [2.75, 3.05) is 0 Å². The van der Waals surface area contributed by atoms with Crippen LogP contribution in [0.5, 0.6) is 0 Å². The van der Waals surface area contributed by atoms with Crippen LogP contribution >= 0.6 is 0 Å². The molecule has 0 aliphatic heterocycles. The highest BCUT2D eigenvalue weighted by atomic mass is 16.4. The molecule has 0 aliphatic carbocycles. The summed E-state index contributed by atoms with van der Waals surface area (Å²) >= 11 is 0. The highest BCUT2D eigenvalue weighted by molar-refractivity contribution is 5.86. The molecule has 0 aliphatic rings. The predicted octanol–water partition coefficient (Wildman–Crippen LogP) is 5.19. The normalized spacial score (nSPS) is 12.5. The molecule has 0 heterocycles. The van der Waals surface area contributed by atoms with Crippen molar-refractivity contribution in [3.8, 4) is 0 Å². The number of hydrogen-bond acceptors (Lipinski definition) is 1. The molecule has 0 saturated carbocycles. The number of allylic oxidation sites excluding steroid dienone is 1. The van der Waals surface area contributed by atoms with E-state index in [1.54, 1.807) is 0 Å². The number of fused-ring (bicyclic) bond motifs is 1. The molecular weight excluding hydrogens is 296 g/mol. The van der Waals surface area contributed by atoms with E-state index in [0.717, 1.165) is 21.9 Å². The third kappa shape index (κ3) is 3.90. The van der Waals surface area contributed by atoms with Gasteiger partial charge in [0.05, 0.1) is 5.92 Å². The first-order valence-corrected chi connectivity index (χ1v) is 8.15. The van der Waals surface area contributed by atoms with Gasteiger partial charge in [0.1, 0.15) is 0 Å². The Labute approximate surface area is 142 Å². The SMILES string of the molecule is O=C(O)C(CC=Cc1ccccc1)Cc1cccc2ccccc12. The van der Waals surface area contributed by atoms with E-state index >= 15 is 0 Å². The smallest absolute Gasteiger partial charge is 0.307 e. The zero-order valence-electron chi connectivity index (χ0n) is 13.4. The molecule has 1 N–H and O–H groups in total. The van der Waals surface area contributed by atoms with Crippen LogP contribution in [0.2, 0.25) is 0 Å². The summed E-state index contributed by atoms with van der Waals surface area (Å²) < 4.78 is 0. The van der Waals surface area contributed by atoms with Gasteiger partial charge in [0, 0.05) is 0 Å². The maximum Gasteiger partial charge on any atom is 0.307 e. The molecule has 3 aromatic rings. The van der Waals surface area contributed by atoms with Gasteiger partial charge in [-0.05, 0) is 34.7 Å². The predicted molar refractivity (Wildman–Crippen MR) is 98.9 cm³/mol. The van der Waals surface area contributed by atoms with E-state index in [0.29, 0.717) is 12.8 Å². The fourth-order valence-electron chi connectivity index (χ4n) is 2.94. The maximum atomic E-state index is 11.6. The van der Waals surface area contributed by atoms with E-state index in [2.05, 4.69) is 18.2 Å². The summed E-state index contributed by atoms with van der Waals surface area (Å²) in [5, 5.41) is 11.9. The number of carbonyl (C=O) groups is 1. The molecular formula is C22H20O2. The van der Waals surface area contributed by atoms with Crippen molar-refractivity contribution in [1.82, 2.24) is 0 Å². The lowest BCUT2D eigenvalue weighted by Crippen LogP contribution is -2.15. The molecule has 1 unspecified atom stereocenters. The Balaban J connectivity index is 1.76. The third-order valence-electron chi connectivity index (χ3n) is 4.23. The molecule has 3 rings (SSSR count). The number of carboxylic acids is 1. The Morgan fingerprint density at radius 3 is 2.42 bits per heavy atom. The number of hydrogen-bond donors (Lipinski definition) is 1. The van der Waals surface area contributed by atoms with Crippen LogP contribution in [0.25, 0.3) is 16.8 Å². The first kappa shape index (κ1) is 16.0. The molecule has 0 amide bonds. The summed E-state index contributed by atoms with van der Waals surface area (Å²) in [4.78, 5) is 11.6. The third-order valence-corrected chi connectivity index (χ3v) is 4.23. The Hall–Kier alpha value is -2.87. The van der Waals surface area contributed by atoms with Gasteiger partial charge in [0.15, 0.2) is 0 Å². The highest BCUT2D eigenvalue weighted by Crippen LogP contribution is 2.23. The molecule has 0 fully saturated rings. The van der Waals surface area contributed by atoms with Gasteiger partial charge >= 0.3 is 5.97 Å². The maximum absolute atomic E-state index is 11.6. The van der Waals surface area contributed by atoms with Crippen LogP contribution in [0.15, 0.2) is 78.9 Å². The summed E-state index contributed by atoms with van der Waals surface area (Å²) in [6, 6.07) is 24.1. The fourth-order valence-corrected chi connectivity index (χ4v) is 2.94. The van der Waals surface area contributed by atoms with Gasteiger partial charge in [-0.1, -0.05) is 84.9 Å². The summed E-state index contributed by atoms with van der Waals surface area (Å²) in [5.41, 5.74) is 2.18. The zero-order chi connectivity index (χ0) is 16.8. The van der Waals surface area contributed by atoms with E-state index < -0.39 is 11.9 Å². The average molecular weight is 316 g/mol. The van der Waals surface area contributed by atoms with E-state index in [-0.39, 0.29) is 0 Å². The van der Waals surface area contributed by atoms with Crippen molar-refractivity contribution in [3.05, 3.63) is 90.0 Å². The van der Waals surface area contributed by atoms with Gasteiger partial charge in [-0.25, -0.2) is 0 Å². The van der Waals surface area contributed by atoms with Gasteiger partial charge in [0.2, 0.25) is 0 Å². The average Bonchev–Trinajstić information content (AvgIpc) is 2.62. The second kappa shape index (κ2) is 7.60. The number of rotatable bonds is 6. The first-order chi connectivity index (χ1) is 11.7. The van der Waals surface area contributed by atoms with Crippen LogP contribution in [0, 0.1) is 5.92 Å². The first-order valence-electron chi connectivity index (χ1n) is 8.15. The largest absolute Gasteiger partial charge is 0.481 e. The lowest BCUT2D eigenvalue weighted by atomic mass is 9.92. The Bertz CT molecular complexity index is 845. The van der Waals surface area contributed by atoms with Gasteiger partial charge < -0.3 is 5.11 Å². The van der Waals surface area contributed by atoms with Crippen LogP contribution in [0.4, 0.5) is 0 Å². The van der Waals surface area contributed by atoms with Gasteiger partial charge in [-0.15, -0.1) is 0 Å². The van der Waals surface area contributed by atoms with E-state index in [1.165, 1.54) is 0 Å². The second-order valence-corrected chi connectivity index (χ2v) is 5.93. The summed E-state index contributed by atoms with van der Waals surface area (Å²) in [7, 11) is 0. The van der Waals surface area contributed by atoms with Crippen molar-refractivity contribution in [3.63, 3.8) is 0 Å². The Morgan fingerprint density at radius 1 is 0.917 bits per heavy atom. The summed E-state index contributed by atoms with van der Waals surface area (Å²) in [6.45, 7) is 0. The van der Waals surface area contributed by atoms with Crippen LogP contribution < -0.4 is 0 Å². The molecule has 0 saturated heterocycles. The van der Waals surface area contributed by atoms with Crippen LogP contribution in [-0.2, 0) is 11.2 Å². The monoisotopic (exact) mass is 316 g/mol. The molecule has 2 nitrogen and oxygen atoms in total. The molecule has 1 atom stereocenters. The van der Waals surface area contributed by atoms with Crippen molar-refractivity contribution >= 4 is 22.8 Å². The molecule has 0 bridgehead atoms. The van der Waals surface area contributed by atoms with Crippen LogP contribution in [-0.4, -0.2) is 11.1 Å². The minimum atomic E-state index is -0.749. The quantitative estimate of drug-likeness (QED) is 0.680. The summed E-state index contributed by atoms with van der Waals surface area (Å²) in [6.07, 6.45) is 5.00. The topological polar surface area (TPSA) is 37.3 Å². The highest BCUT2D eigenvalue weighted by Gasteiger charge is 2.17. The fraction of sp³-hybridized carbons (Fsp3) is 0.136. The molecule has 0 radical (unpaired) electrons. The molecule has 3 aromatic carbocycles. The standard InChI is InChI=1S/C22H20O2/c23-22(24)20(14-6-10-17-8-2-1-3-9-17)16-19-13-7-12-18-11-4-5-15-21(18)19/h1-13,15,20H,14,16H2,(H,23,24). The van der Waals surface area contributed by atoms with Crippen molar-refractivity contribution in [1.29, 1.82) is 0 Å². The molecule has 0 spiro atoms. The zero-order valence-corrected chi connectivity index (χ0v) is 13.4. The van der Waals surface area contributed by atoms with Crippen molar-refractivity contribution in [2.24, 2.45) is 5.92 Å². The van der Waals surface area contributed by atoms with E-state index in [4.69, 9.17) is 0 Å².